The lowest BCUT2D eigenvalue weighted by Crippen LogP contribution is -2.41. The lowest BCUT2D eigenvalue weighted by atomic mass is 9.92. The Bertz CT molecular complexity index is 575. The van der Waals surface area contributed by atoms with Crippen molar-refractivity contribution in [3.63, 3.8) is 0 Å². The highest BCUT2D eigenvalue weighted by atomic mass is 127. The second-order valence-corrected chi connectivity index (χ2v) is 7.99. The summed E-state index contributed by atoms with van der Waals surface area (Å²) in [6, 6.07) is 4.25. The van der Waals surface area contributed by atoms with Crippen molar-refractivity contribution in [2.24, 2.45) is 16.8 Å². The number of methoxy groups -OCH3 is 1. The van der Waals surface area contributed by atoms with E-state index in [0.29, 0.717) is 13.1 Å². The topological polar surface area (TPSA) is 53.9 Å². The standard InChI is InChI=1S/C18H29N3O2S.HI/c1-6-19-17(20-12-18(3,4)15-8-7-9-24-15)21-10-13(2)14(11-21)16(22)23-5;/h7-9,13-14H,6,10-12H2,1-5H3,(H,19,20);1H. The minimum Gasteiger partial charge on any atom is -0.469 e. The zero-order chi connectivity index (χ0) is 17.7. The number of rotatable bonds is 5. The molecule has 0 saturated carbocycles. The number of carbonyl (C=O) groups is 1. The van der Waals surface area contributed by atoms with Crippen molar-refractivity contribution in [2.75, 3.05) is 33.3 Å². The molecule has 0 bridgehead atoms. The molecule has 0 spiro atoms. The van der Waals surface area contributed by atoms with Crippen molar-refractivity contribution in [3.8, 4) is 0 Å². The molecule has 2 atom stereocenters. The zero-order valence-electron chi connectivity index (χ0n) is 15.7. The fourth-order valence-electron chi connectivity index (χ4n) is 3.04. The van der Waals surface area contributed by atoms with E-state index < -0.39 is 0 Å². The molecule has 1 N–H and O–H groups in total. The van der Waals surface area contributed by atoms with E-state index in [9.17, 15) is 4.79 Å². The monoisotopic (exact) mass is 479 g/mol. The third-order valence-electron chi connectivity index (χ3n) is 4.56. The molecule has 1 fully saturated rings. The number of esters is 1. The highest BCUT2D eigenvalue weighted by Gasteiger charge is 2.37. The molecule has 142 valence electrons. The van der Waals surface area contributed by atoms with E-state index in [4.69, 9.17) is 9.73 Å². The van der Waals surface area contributed by atoms with Crippen LogP contribution in [0.1, 0.15) is 32.6 Å². The van der Waals surface area contributed by atoms with E-state index in [1.54, 1.807) is 11.3 Å². The van der Waals surface area contributed by atoms with Crippen LogP contribution in [0.5, 0.6) is 0 Å². The summed E-state index contributed by atoms with van der Waals surface area (Å²) in [6.07, 6.45) is 0. The van der Waals surface area contributed by atoms with Crippen molar-refractivity contribution < 1.29 is 9.53 Å². The Morgan fingerprint density at radius 3 is 2.76 bits per heavy atom. The molecule has 0 amide bonds. The van der Waals surface area contributed by atoms with Crippen molar-refractivity contribution in [1.29, 1.82) is 0 Å². The second-order valence-electron chi connectivity index (χ2n) is 7.04. The van der Waals surface area contributed by atoms with Gasteiger partial charge in [0.25, 0.3) is 0 Å². The number of nitrogens with zero attached hydrogens (tertiary/aromatic N) is 2. The fourth-order valence-corrected chi connectivity index (χ4v) is 3.88. The molecule has 2 rings (SSSR count). The molecule has 1 aromatic heterocycles. The van der Waals surface area contributed by atoms with Crippen molar-refractivity contribution in [2.45, 2.75) is 33.1 Å². The highest BCUT2D eigenvalue weighted by Crippen LogP contribution is 2.28. The Labute approximate surface area is 172 Å². The maximum atomic E-state index is 11.9. The van der Waals surface area contributed by atoms with Gasteiger partial charge in [-0.25, -0.2) is 0 Å². The van der Waals surface area contributed by atoms with Gasteiger partial charge in [-0.05, 0) is 24.3 Å². The molecule has 0 aromatic carbocycles. The van der Waals surface area contributed by atoms with E-state index in [0.717, 1.165) is 19.0 Å². The Hall–Kier alpha value is -0.830. The molecular weight excluding hydrogens is 449 g/mol. The van der Waals surface area contributed by atoms with Gasteiger partial charge in [0.05, 0.1) is 19.6 Å². The molecule has 1 aromatic rings. The van der Waals surface area contributed by atoms with Crippen LogP contribution in [0.25, 0.3) is 0 Å². The molecule has 1 aliphatic heterocycles. The summed E-state index contributed by atoms with van der Waals surface area (Å²) in [4.78, 5) is 20.3. The molecular formula is C18H30IN3O2S. The summed E-state index contributed by atoms with van der Waals surface area (Å²) < 4.78 is 4.93. The molecule has 7 heteroatoms. The number of thiophene rings is 1. The molecule has 25 heavy (non-hydrogen) atoms. The maximum absolute atomic E-state index is 11.9. The largest absolute Gasteiger partial charge is 0.469 e. The van der Waals surface area contributed by atoms with Gasteiger partial charge in [0, 0.05) is 29.9 Å². The fraction of sp³-hybridized carbons (Fsp3) is 0.667. The third-order valence-corrected chi connectivity index (χ3v) is 5.80. The molecule has 0 aliphatic carbocycles. The van der Waals surface area contributed by atoms with E-state index in [2.05, 4.69) is 55.4 Å². The minimum atomic E-state index is -0.125. The van der Waals surface area contributed by atoms with Crippen LogP contribution in [0.2, 0.25) is 0 Å². The lowest BCUT2D eigenvalue weighted by molar-refractivity contribution is -0.145. The Morgan fingerprint density at radius 1 is 1.48 bits per heavy atom. The van der Waals surface area contributed by atoms with Crippen LogP contribution < -0.4 is 5.32 Å². The van der Waals surface area contributed by atoms with Gasteiger partial charge in [0.1, 0.15) is 0 Å². The number of ether oxygens (including phenoxy) is 1. The van der Waals surface area contributed by atoms with Crippen LogP contribution in [0.4, 0.5) is 0 Å². The average Bonchev–Trinajstić information content (AvgIpc) is 3.20. The minimum absolute atomic E-state index is 0. The van der Waals surface area contributed by atoms with Crippen molar-refractivity contribution in [3.05, 3.63) is 22.4 Å². The van der Waals surface area contributed by atoms with Gasteiger partial charge in [0.2, 0.25) is 0 Å². The van der Waals surface area contributed by atoms with Gasteiger partial charge in [-0.3, -0.25) is 9.79 Å². The van der Waals surface area contributed by atoms with Crippen LogP contribution >= 0.6 is 35.3 Å². The summed E-state index contributed by atoms with van der Waals surface area (Å²) in [5, 5.41) is 5.47. The molecule has 1 saturated heterocycles. The van der Waals surface area contributed by atoms with Crippen LogP contribution in [-0.4, -0.2) is 50.1 Å². The number of likely N-dealkylation sites (tertiary alicyclic amines) is 1. The number of halogens is 1. The van der Waals surface area contributed by atoms with Crippen LogP contribution in [-0.2, 0) is 14.9 Å². The molecule has 2 unspecified atom stereocenters. The lowest BCUT2D eigenvalue weighted by Gasteiger charge is -2.25. The van der Waals surface area contributed by atoms with Gasteiger partial charge < -0.3 is 15.0 Å². The van der Waals surface area contributed by atoms with Gasteiger partial charge in [0.15, 0.2) is 5.96 Å². The first-order valence-corrected chi connectivity index (χ1v) is 9.42. The number of hydrogen-bond acceptors (Lipinski definition) is 4. The number of aliphatic imine (C=N–C) groups is 1. The SMILES string of the molecule is CCNC(=NCC(C)(C)c1cccs1)N1CC(C)C(C(=O)OC)C1.I. The predicted octanol–water partition coefficient (Wildman–Crippen LogP) is 3.35. The quantitative estimate of drug-likeness (QED) is 0.305. The van der Waals surface area contributed by atoms with E-state index in [-0.39, 0.29) is 47.2 Å². The van der Waals surface area contributed by atoms with Crippen LogP contribution in [0.3, 0.4) is 0 Å². The van der Waals surface area contributed by atoms with E-state index in [1.807, 2.05) is 0 Å². The van der Waals surface area contributed by atoms with E-state index in [1.165, 1.54) is 12.0 Å². The normalized spacial score (nSPS) is 21.0. The molecule has 1 aliphatic rings. The predicted molar refractivity (Wildman–Crippen MR) is 115 cm³/mol. The summed E-state index contributed by atoms with van der Waals surface area (Å²) in [5.74, 6) is 0.955. The summed E-state index contributed by atoms with van der Waals surface area (Å²) in [5.41, 5.74) is 0.00191. The van der Waals surface area contributed by atoms with Crippen molar-refractivity contribution in [1.82, 2.24) is 10.2 Å². The first kappa shape index (κ1) is 22.2. The molecule has 5 nitrogen and oxygen atoms in total. The summed E-state index contributed by atoms with van der Waals surface area (Å²) in [6.45, 7) is 11.6. The van der Waals surface area contributed by atoms with Crippen LogP contribution in [0.15, 0.2) is 22.5 Å². The molecule has 2 heterocycles. The van der Waals surface area contributed by atoms with E-state index >= 15 is 0 Å². The van der Waals surface area contributed by atoms with Crippen LogP contribution in [0, 0.1) is 11.8 Å². The second kappa shape index (κ2) is 9.75. The number of guanidine groups is 1. The van der Waals surface area contributed by atoms with Gasteiger partial charge in [-0.15, -0.1) is 35.3 Å². The number of hydrogen-bond donors (Lipinski definition) is 1. The first-order valence-electron chi connectivity index (χ1n) is 8.54. The molecule has 0 radical (unpaired) electrons. The van der Waals surface area contributed by atoms with Gasteiger partial charge in [-0.2, -0.15) is 0 Å². The highest BCUT2D eigenvalue weighted by molar-refractivity contribution is 14.0. The summed E-state index contributed by atoms with van der Waals surface area (Å²) in [7, 11) is 1.46. The average molecular weight is 479 g/mol. The number of carbonyl (C=O) groups excluding carboxylic acids is 1. The van der Waals surface area contributed by atoms with Crippen molar-refractivity contribution >= 4 is 47.2 Å². The first-order chi connectivity index (χ1) is 11.4. The Morgan fingerprint density at radius 2 is 2.20 bits per heavy atom. The zero-order valence-corrected chi connectivity index (χ0v) is 18.9. The third kappa shape index (κ3) is 5.57. The van der Waals surface area contributed by atoms with Gasteiger partial charge in [-0.1, -0.05) is 26.8 Å². The number of nitrogens with one attached hydrogen (secondary N) is 1. The summed E-state index contributed by atoms with van der Waals surface area (Å²) >= 11 is 1.77. The smallest absolute Gasteiger partial charge is 0.310 e. The maximum Gasteiger partial charge on any atom is 0.310 e. The Balaban J connectivity index is 0.00000312. The Kier molecular flexibility index (Phi) is 8.67. The van der Waals surface area contributed by atoms with Gasteiger partial charge >= 0.3 is 5.97 Å².